The molecule has 0 radical (unpaired) electrons. The van der Waals surface area contributed by atoms with E-state index in [4.69, 9.17) is 17.4 Å². The SMILES string of the molecule is C#CCN(CC#N)C(=O)c1ccc(N)cc1F. The maximum Gasteiger partial charge on any atom is 0.258 e. The van der Waals surface area contributed by atoms with Gasteiger partial charge in [0.25, 0.3) is 5.91 Å². The molecule has 1 amide bonds. The molecule has 0 atom stereocenters. The van der Waals surface area contributed by atoms with Crippen molar-refractivity contribution in [3.05, 3.63) is 29.6 Å². The summed E-state index contributed by atoms with van der Waals surface area (Å²) in [6.07, 6.45) is 5.07. The van der Waals surface area contributed by atoms with Gasteiger partial charge in [-0.1, -0.05) is 5.92 Å². The van der Waals surface area contributed by atoms with E-state index in [1.54, 1.807) is 6.07 Å². The quantitative estimate of drug-likeness (QED) is 0.479. The fourth-order valence-corrected chi connectivity index (χ4v) is 1.27. The van der Waals surface area contributed by atoms with E-state index in [1.165, 1.54) is 12.1 Å². The molecule has 17 heavy (non-hydrogen) atoms. The van der Waals surface area contributed by atoms with Crippen molar-refractivity contribution in [3.63, 3.8) is 0 Å². The zero-order chi connectivity index (χ0) is 12.8. The number of nitriles is 1. The van der Waals surface area contributed by atoms with Gasteiger partial charge in [-0.2, -0.15) is 5.26 Å². The zero-order valence-corrected chi connectivity index (χ0v) is 8.98. The van der Waals surface area contributed by atoms with E-state index < -0.39 is 11.7 Å². The summed E-state index contributed by atoms with van der Waals surface area (Å²) in [6, 6.07) is 5.53. The largest absolute Gasteiger partial charge is 0.399 e. The molecule has 1 aromatic carbocycles. The van der Waals surface area contributed by atoms with Crippen molar-refractivity contribution in [1.29, 1.82) is 5.26 Å². The van der Waals surface area contributed by atoms with Crippen LogP contribution in [0.4, 0.5) is 10.1 Å². The fraction of sp³-hybridized carbons (Fsp3) is 0.167. The number of halogens is 1. The van der Waals surface area contributed by atoms with E-state index >= 15 is 0 Å². The molecule has 2 N–H and O–H groups in total. The van der Waals surface area contributed by atoms with E-state index in [-0.39, 0.29) is 24.3 Å². The van der Waals surface area contributed by atoms with Gasteiger partial charge in [-0.3, -0.25) is 4.79 Å². The first kappa shape index (κ1) is 12.5. The zero-order valence-electron chi connectivity index (χ0n) is 8.98. The Morgan fingerprint density at radius 2 is 2.24 bits per heavy atom. The minimum atomic E-state index is -0.727. The molecule has 0 aliphatic carbocycles. The maximum absolute atomic E-state index is 13.5. The second-order valence-corrected chi connectivity index (χ2v) is 3.26. The molecule has 5 heteroatoms. The molecular weight excluding hydrogens is 221 g/mol. The molecule has 0 unspecified atom stereocenters. The normalized spacial score (nSPS) is 9.12. The summed E-state index contributed by atoms with van der Waals surface area (Å²) < 4.78 is 13.5. The van der Waals surface area contributed by atoms with Crippen molar-refractivity contribution in [2.75, 3.05) is 18.8 Å². The summed E-state index contributed by atoms with van der Waals surface area (Å²) in [5.41, 5.74) is 5.45. The van der Waals surface area contributed by atoms with Crippen molar-refractivity contribution in [2.24, 2.45) is 0 Å². The van der Waals surface area contributed by atoms with Crippen molar-refractivity contribution < 1.29 is 9.18 Å². The highest BCUT2D eigenvalue weighted by atomic mass is 19.1. The van der Waals surface area contributed by atoms with Gasteiger partial charge in [0.15, 0.2) is 0 Å². The first-order chi connectivity index (χ1) is 8.10. The number of nitrogens with two attached hydrogens (primary N) is 1. The number of anilines is 1. The Morgan fingerprint density at radius 3 is 2.76 bits per heavy atom. The van der Waals surface area contributed by atoms with Gasteiger partial charge in [0.05, 0.1) is 18.2 Å². The van der Waals surface area contributed by atoms with E-state index in [0.29, 0.717) is 0 Å². The summed E-state index contributed by atoms with van der Waals surface area (Å²) in [6.45, 7) is -0.233. The third-order valence-corrected chi connectivity index (χ3v) is 2.05. The van der Waals surface area contributed by atoms with E-state index in [2.05, 4.69) is 5.92 Å². The Kier molecular flexibility index (Phi) is 4.08. The highest BCUT2D eigenvalue weighted by Crippen LogP contribution is 2.13. The van der Waals surface area contributed by atoms with Gasteiger partial charge >= 0.3 is 0 Å². The standard InChI is InChI=1S/C12H10FN3O/c1-2-6-16(7-5-14)12(17)10-4-3-9(15)8-11(10)13/h1,3-4,8H,6-7,15H2. The molecule has 0 fully saturated rings. The predicted octanol–water partition coefficient (Wildman–Crippen LogP) is 1.01. The molecule has 0 saturated carbocycles. The molecule has 0 saturated heterocycles. The van der Waals surface area contributed by atoms with Gasteiger partial charge in [0.2, 0.25) is 0 Å². The highest BCUT2D eigenvalue weighted by molar-refractivity contribution is 5.95. The van der Waals surface area contributed by atoms with Crippen molar-refractivity contribution >= 4 is 11.6 Å². The Balaban J connectivity index is 3.02. The maximum atomic E-state index is 13.5. The second kappa shape index (κ2) is 5.53. The molecular formula is C12H10FN3O. The van der Waals surface area contributed by atoms with E-state index in [9.17, 15) is 9.18 Å². The Morgan fingerprint density at radius 1 is 1.53 bits per heavy atom. The summed E-state index contributed by atoms with van der Waals surface area (Å²) >= 11 is 0. The number of nitrogens with zero attached hydrogens (tertiary/aromatic N) is 2. The minimum Gasteiger partial charge on any atom is -0.399 e. The van der Waals surface area contributed by atoms with Gasteiger partial charge < -0.3 is 10.6 Å². The van der Waals surface area contributed by atoms with Gasteiger partial charge in [0.1, 0.15) is 12.4 Å². The summed E-state index contributed by atoms with van der Waals surface area (Å²) in [5.74, 6) is 0.891. The summed E-state index contributed by atoms with van der Waals surface area (Å²) in [7, 11) is 0. The number of nitrogen functional groups attached to an aromatic ring is 1. The topological polar surface area (TPSA) is 70.1 Å². The monoisotopic (exact) mass is 231 g/mol. The highest BCUT2D eigenvalue weighted by Gasteiger charge is 2.18. The molecule has 0 heterocycles. The van der Waals surface area contributed by atoms with Crippen LogP contribution in [0.3, 0.4) is 0 Å². The van der Waals surface area contributed by atoms with E-state index in [0.717, 1.165) is 11.0 Å². The van der Waals surface area contributed by atoms with Crippen LogP contribution in [0.15, 0.2) is 18.2 Å². The fourth-order valence-electron chi connectivity index (χ4n) is 1.27. The smallest absolute Gasteiger partial charge is 0.258 e. The van der Waals surface area contributed by atoms with Crippen LogP contribution in [0, 0.1) is 29.5 Å². The lowest BCUT2D eigenvalue weighted by molar-refractivity contribution is 0.0791. The molecule has 1 aromatic rings. The summed E-state index contributed by atoms with van der Waals surface area (Å²) in [4.78, 5) is 12.9. The molecule has 0 aromatic heterocycles. The number of carbonyl (C=O) groups excluding carboxylic acids is 1. The number of hydrogen-bond acceptors (Lipinski definition) is 3. The number of hydrogen-bond donors (Lipinski definition) is 1. The van der Waals surface area contributed by atoms with Crippen molar-refractivity contribution in [3.8, 4) is 18.4 Å². The molecule has 1 rings (SSSR count). The Labute approximate surface area is 98.4 Å². The average Bonchev–Trinajstić information content (AvgIpc) is 2.28. The van der Waals surface area contributed by atoms with Crippen LogP contribution in [0.1, 0.15) is 10.4 Å². The van der Waals surface area contributed by atoms with Gasteiger partial charge in [0, 0.05) is 5.69 Å². The number of rotatable bonds is 3. The van der Waals surface area contributed by atoms with Crippen LogP contribution >= 0.6 is 0 Å². The first-order valence-electron chi connectivity index (χ1n) is 4.75. The lowest BCUT2D eigenvalue weighted by atomic mass is 10.1. The Hall–Kier alpha value is -2.53. The van der Waals surface area contributed by atoms with Crippen molar-refractivity contribution in [2.45, 2.75) is 0 Å². The molecule has 0 aliphatic rings. The second-order valence-electron chi connectivity index (χ2n) is 3.26. The third-order valence-electron chi connectivity index (χ3n) is 2.05. The van der Waals surface area contributed by atoms with Crippen LogP contribution in [0.2, 0.25) is 0 Å². The third kappa shape index (κ3) is 2.96. The molecule has 86 valence electrons. The van der Waals surface area contributed by atoms with Crippen LogP contribution < -0.4 is 5.73 Å². The number of terminal acetylenes is 1. The van der Waals surface area contributed by atoms with Crippen LogP contribution in [-0.4, -0.2) is 23.9 Å². The van der Waals surface area contributed by atoms with E-state index in [1.807, 2.05) is 0 Å². The summed E-state index contributed by atoms with van der Waals surface area (Å²) in [5, 5.41) is 8.55. The van der Waals surface area contributed by atoms with Crippen LogP contribution in [0.5, 0.6) is 0 Å². The predicted molar refractivity (Wildman–Crippen MR) is 61.2 cm³/mol. The number of amides is 1. The number of benzene rings is 1. The Bertz CT molecular complexity index is 497. The first-order valence-corrected chi connectivity index (χ1v) is 4.75. The molecule has 0 aliphatic heterocycles. The number of carbonyl (C=O) groups is 1. The molecule has 0 spiro atoms. The van der Waals surface area contributed by atoms with Crippen LogP contribution in [0.25, 0.3) is 0 Å². The lowest BCUT2D eigenvalue weighted by Gasteiger charge is -2.16. The van der Waals surface area contributed by atoms with Gasteiger partial charge in [-0.05, 0) is 18.2 Å². The molecule has 4 nitrogen and oxygen atoms in total. The van der Waals surface area contributed by atoms with Gasteiger partial charge in [-0.15, -0.1) is 6.42 Å². The van der Waals surface area contributed by atoms with Crippen LogP contribution in [-0.2, 0) is 0 Å². The lowest BCUT2D eigenvalue weighted by Crippen LogP contribution is -2.32. The van der Waals surface area contributed by atoms with Crippen molar-refractivity contribution in [1.82, 2.24) is 4.90 Å². The minimum absolute atomic E-state index is 0.0454. The average molecular weight is 231 g/mol. The van der Waals surface area contributed by atoms with Gasteiger partial charge in [-0.25, -0.2) is 4.39 Å². The molecule has 0 bridgehead atoms.